The number of hydrogen-bond donors (Lipinski definition) is 0. The number of fused-ring (bicyclic) bond motifs is 6. The molecule has 49 heavy (non-hydrogen) atoms. The zero-order valence-electron chi connectivity index (χ0n) is 26.7. The first-order valence-electron chi connectivity index (χ1n) is 16.8. The maximum Gasteiger partial charge on any atom is 0.0541 e. The summed E-state index contributed by atoms with van der Waals surface area (Å²) in [6, 6.07) is 67.9. The van der Waals surface area contributed by atoms with Gasteiger partial charge in [-0.15, -0.1) is 0 Å². The first-order valence-corrected chi connectivity index (χ1v) is 16.8. The summed E-state index contributed by atoms with van der Waals surface area (Å²) in [4.78, 5) is 0. The summed E-state index contributed by atoms with van der Waals surface area (Å²) < 4.78 is 7.18. The molecule has 3 aromatic heterocycles. The minimum absolute atomic E-state index is 1.13. The van der Waals surface area contributed by atoms with E-state index < -0.39 is 0 Å². The molecule has 0 bridgehead atoms. The van der Waals surface area contributed by atoms with Gasteiger partial charge in [-0.05, 0) is 72.8 Å². The maximum atomic E-state index is 2.40. The Morgan fingerprint density at radius 3 is 1.00 bits per heavy atom. The fraction of sp³-hybridized carbons (Fsp3) is 0. The van der Waals surface area contributed by atoms with E-state index in [1.807, 2.05) is 0 Å². The number of rotatable bonds is 5. The van der Waals surface area contributed by atoms with Crippen LogP contribution in [-0.4, -0.2) is 13.7 Å². The first-order chi connectivity index (χ1) is 24.3. The van der Waals surface area contributed by atoms with Crippen molar-refractivity contribution < 1.29 is 0 Å². The molecule has 0 amide bonds. The first kappa shape index (κ1) is 27.5. The van der Waals surface area contributed by atoms with Crippen molar-refractivity contribution in [2.45, 2.75) is 0 Å². The van der Waals surface area contributed by atoms with Crippen LogP contribution in [0, 0.1) is 0 Å². The maximum absolute atomic E-state index is 2.40. The van der Waals surface area contributed by atoms with Gasteiger partial charge >= 0.3 is 0 Å². The van der Waals surface area contributed by atoms with Crippen molar-refractivity contribution in [3.05, 3.63) is 188 Å². The monoisotopic (exact) mass is 625 g/mol. The van der Waals surface area contributed by atoms with E-state index >= 15 is 0 Å². The van der Waals surface area contributed by atoms with E-state index in [2.05, 4.69) is 202 Å². The second kappa shape index (κ2) is 11.0. The van der Waals surface area contributed by atoms with Crippen LogP contribution >= 0.6 is 0 Å². The molecule has 0 aliphatic rings. The van der Waals surface area contributed by atoms with Gasteiger partial charge in [0.05, 0.1) is 33.5 Å². The summed E-state index contributed by atoms with van der Waals surface area (Å²) in [5.41, 5.74) is 12.9. The van der Waals surface area contributed by atoms with Gasteiger partial charge in [0.2, 0.25) is 0 Å². The lowest BCUT2D eigenvalue weighted by Crippen LogP contribution is -2.01. The number of hydrogen-bond acceptors (Lipinski definition) is 0. The molecule has 0 spiro atoms. The van der Waals surface area contributed by atoms with E-state index in [1.165, 1.54) is 43.6 Å². The molecule has 7 aromatic carbocycles. The predicted molar refractivity (Wildman–Crippen MR) is 205 cm³/mol. The lowest BCUT2D eigenvalue weighted by molar-refractivity contribution is 1.09. The Morgan fingerprint density at radius 1 is 0.245 bits per heavy atom. The predicted octanol–water partition coefficient (Wildman–Crippen LogP) is 12.0. The number of benzene rings is 7. The summed E-state index contributed by atoms with van der Waals surface area (Å²) in [5.74, 6) is 0. The summed E-state index contributed by atoms with van der Waals surface area (Å²) in [7, 11) is 0. The van der Waals surface area contributed by atoms with E-state index in [0.29, 0.717) is 0 Å². The quantitative estimate of drug-likeness (QED) is 0.181. The second-order valence-corrected chi connectivity index (χ2v) is 12.6. The van der Waals surface area contributed by atoms with Gasteiger partial charge in [-0.2, -0.15) is 0 Å². The molecule has 230 valence electrons. The summed E-state index contributed by atoms with van der Waals surface area (Å²) in [5, 5.41) is 5.06. The Labute approximate surface area is 284 Å². The zero-order valence-corrected chi connectivity index (χ0v) is 26.7. The van der Waals surface area contributed by atoms with Gasteiger partial charge in [0.15, 0.2) is 0 Å². The Bertz CT molecular complexity index is 2550. The second-order valence-electron chi connectivity index (χ2n) is 12.6. The Morgan fingerprint density at radius 2 is 0.592 bits per heavy atom. The van der Waals surface area contributed by atoms with E-state index in [1.54, 1.807) is 0 Å². The van der Waals surface area contributed by atoms with Gasteiger partial charge in [0.25, 0.3) is 0 Å². The van der Waals surface area contributed by atoms with Crippen molar-refractivity contribution in [1.82, 2.24) is 13.7 Å². The summed E-state index contributed by atoms with van der Waals surface area (Å²) >= 11 is 0. The number of aromatic nitrogens is 3. The van der Waals surface area contributed by atoms with Crippen LogP contribution in [0.3, 0.4) is 0 Å². The SMILES string of the molecule is c1ccc(-n2c(-c3cccc(-n4c5ccccc5c5ccccc54)c3)ccc2-c2cccc(-n3c4ccccc4c4ccccc43)c2)cc1. The van der Waals surface area contributed by atoms with Crippen molar-refractivity contribution in [3.63, 3.8) is 0 Å². The van der Waals surface area contributed by atoms with Crippen molar-refractivity contribution in [2.24, 2.45) is 0 Å². The third kappa shape index (κ3) is 4.29. The van der Waals surface area contributed by atoms with E-state index in [9.17, 15) is 0 Å². The third-order valence-corrected chi connectivity index (χ3v) is 9.86. The average Bonchev–Trinajstić information content (AvgIpc) is 3.86. The van der Waals surface area contributed by atoms with E-state index in [-0.39, 0.29) is 0 Å². The van der Waals surface area contributed by atoms with Crippen molar-refractivity contribution in [2.75, 3.05) is 0 Å². The topological polar surface area (TPSA) is 14.8 Å². The molecule has 0 saturated carbocycles. The standard InChI is InChI=1S/C46H31N3/c1-2-16-34(17-3-1)47-41(32-14-12-18-35(30-32)48-43-24-8-4-20-37(43)38-21-5-9-25-44(38)48)28-29-42(47)33-15-13-19-36(31-33)49-45-26-10-6-22-39(45)40-23-7-11-27-46(40)49/h1-31H. The highest BCUT2D eigenvalue weighted by atomic mass is 15.0. The lowest BCUT2D eigenvalue weighted by atomic mass is 10.1. The van der Waals surface area contributed by atoms with Crippen LogP contribution in [0.25, 0.3) is 83.2 Å². The lowest BCUT2D eigenvalue weighted by Gasteiger charge is -2.16. The normalized spacial score (nSPS) is 11.7. The highest BCUT2D eigenvalue weighted by Crippen LogP contribution is 2.38. The molecule has 0 atom stereocenters. The molecule has 0 aliphatic heterocycles. The minimum Gasteiger partial charge on any atom is -0.309 e. The Balaban J connectivity index is 1.16. The molecule has 10 aromatic rings. The fourth-order valence-electron chi connectivity index (χ4n) is 7.75. The van der Waals surface area contributed by atoms with Crippen LogP contribution in [0.2, 0.25) is 0 Å². The van der Waals surface area contributed by atoms with Crippen LogP contribution in [0.5, 0.6) is 0 Å². The van der Waals surface area contributed by atoms with Crippen LogP contribution < -0.4 is 0 Å². The van der Waals surface area contributed by atoms with Crippen LogP contribution in [0.15, 0.2) is 188 Å². The van der Waals surface area contributed by atoms with Gasteiger partial charge in [-0.25, -0.2) is 0 Å². The largest absolute Gasteiger partial charge is 0.309 e. The molecule has 0 fully saturated rings. The molecule has 3 heterocycles. The number of para-hydroxylation sites is 5. The minimum atomic E-state index is 1.13. The molecule has 0 unspecified atom stereocenters. The fourth-order valence-corrected chi connectivity index (χ4v) is 7.75. The van der Waals surface area contributed by atoms with Gasteiger partial charge in [-0.3, -0.25) is 0 Å². The molecule has 3 nitrogen and oxygen atoms in total. The average molecular weight is 626 g/mol. The van der Waals surface area contributed by atoms with Gasteiger partial charge < -0.3 is 13.7 Å². The van der Waals surface area contributed by atoms with Gasteiger partial charge in [-0.1, -0.05) is 115 Å². The molecule has 10 rings (SSSR count). The van der Waals surface area contributed by atoms with Gasteiger partial charge in [0.1, 0.15) is 0 Å². The van der Waals surface area contributed by atoms with Crippen molar-refractivity contribution in [1.29, 1.82) is 0 Å². The van der Waals surface area contributed by atoms with Crippen LogP contribution in [0.4, 0.5) is 0 Å². The third-order valence-electron chi connectivity index (χ3n) is 9.86. The molecular weight excluding hydrogens is 595 g/mol. The van der Waals surface area contributed by atoms with Crippen LogP contribution in [-0.2, 0) is 0 Å². The molecule has 3 heteroatoms. The molecule has 0 radical (unpaired) electrons. The zero-order chi connectivity index (χ0) is 32.3. The van der Waals surface area contributed by atoms with E-state index in [0.717, 1.165) is 39.6 Å². The van der Waals surface area contributed by atoms with Crippen molar-refractivity contribution in [3.8, 4) is 39.6 Å². The molecule has 0 N–H and O–H groups in total. The van der Waals surface area contributed by atoms with Gasteiger partial charge in [0, 0.05) is 49.7 Å². The molecule has 0 aliphatic carbocycles. The highest BCUT2D eigenvalue weighted by Gasteiger charge is 2.18. The van der Waals surface area contributed by atoms with E-state index in [4.69, 9.17) is 0 Å². The summed E-state index contributed by atoms with van der Waals surface area (Å²) in [6.07, 6.45) is 0. The molecule has 0 saturated heterocycles. The highest BCUT2D eigenvalue weighted by molar-refractivity contribution is 6.10. The summed E-state index contributed by atoms with van der Waals surface area (Å²) in [6.45, 7) is 0. The van der Waals surface area contributed by atoms with Crippen molar-refractivity contribution >= 4 is 43.6 Å². The smallest absolute Gasteiger partial charge is 0.0541 e. The number of nitrogens with zero attached hydrogens (tertiary/aromatic N) is 3. The van der Waals surface area contributed by atoms with Crippen LogP contribution in [0.1, 0.15) is 0 Å². The Kier molecular flexibility index (Phi) is 6.18. The molecular formula is C46H31N3. The Hall–Kier alpha value is -6.58.